The molecule has 0 bridgehead atoms. The molecule has 0 amide bonds. The van der Waals surface area contributed by atoms with Gasteiger partial charge in [-0.2, -0.15) is 0 Å². The predicted octanol–water partition coefficient (Wildman–Crippen LogP) is 1.50. The van der Waals surface area contributed by atoms with Gasteiger partial charge in [0.1, 0.15) is 0 Å². The second kappa shape index (κ2) is 7.89. The van der Waals surface area contributed by atoms with Crippen molar-refractivity contribution in [1.29, 1.82) is 0 Å². The molecule has 5 nitrogen and oxygen atoms in total. The largest absolute Gasteiger partial charge is 0.381 e. The fourth-order valence-corrected chi connectivity index (χ4v) is 3.37. The van der Waals surface area contributed by atoms with Crippen LogP contribution in [0.15, 0.2) is 29.2 Å². The van der Waals surface area contributed by atoms with Gasteiger partial charge in [-0.25, -0.2) is 13.1 Å². The lowest BCUT2D eigenvalue weighted by Gasteiger charge is -2.11. The van der Waals surface area contributed by atoms with Crippen LogP contribution in [0.4, 0.5) is 0 Å². The number of hydrogen-bond donors (Lipinski definition) is 2. The maximum atomic E-state index is 12.2. The van der Waals surface area contributed by atoms with Crippen LogP contribution in [-0.2, 0) is 21.3 Å². The molecule has 0 aromatic heterocycles. The summed E-state index contributed by atoms with van der Waals surface area (Å²) >= 11 is 0. The molecular weight excluding hydrogens is 288 g/mol. The lowest BCUT2D eigenvalue weighted by molar-refractivity contribution is 0.186. The normalized spacial score (nSPS) is 19.0. The highest BCUT2D eigenvalue weighted by Crippen LogP contribution is 2.14. The summed E-state index contributed by atoms with van der Waals surface area (Å²) in [5.74, 6) is 0.289. The van der Waals surface area contributed by atoms with E-state index in [1.54, 1.807) is 12.1 Å². The molecule has 2 N–H and O–H groups in total. The van der Waals surface area contributed by atoms with Gasteiger partial charge in [0.05, 0.1) is 11.5 Å². The molecule has 21 heavy (non-hydrogen) atoms. The Bertz CT molecular complexity index is 522. The van der Waals surface area contributed by atoms with Crippen molar-refractivity contribution >= 4 is 10.0 Å². The van der Waals surface area contributed by atoms with E-state index in [1.807, 2.05) is 12.1 Å². The first-order valence-electron chi connectivity index (χ1n) is 7.49. The van der Waals surface area contributed by atoms with E-state index in [2.05, 4.69) is 17.0 Å². The highest BCUT2D eigenvalue weighted by atomic mass is 32.2. The van der Waals surface area contributed by atoms with E-state index >= 15 is 0 Å². The van der Waals surface area contributed by atoms with Crippen LogP contribution in [-0.4, -0.2) is 34.7 Å². The summed E-state index contributed by atoms with van der Waals surface area (Å²) in [6.07, 6.45) is 2.01. The molecule has 1 aromatic rings. The molecule has 1 fully saturated rings. The molecule has 1 aliphatic heterocycles. The standard InChI is InChI=1S/C15H24N2O3S/c1-2-8-16-10-13-3-5-15(6-4-13)21(18,19)17-11-14-7-9-20-12-14/h3-6,14,16-17H,2,7-12H2,1H3. The van der Waals surface area contributed by atoms with Gasteiger partial charge < -0.3 is 10.1 Å². The molecule has 6 heteroatoms. The van der Waals surface area contributed by atoms with Gasteiger partial charge in [-0.05, 0) is 43.0 Å². The third-order valence-electron chi connectivity index (χ3n) is 3.58. The lowest BCUT2D eigenvalue weighted by atomic mass is 10.1. The number of benzene rings is 1. The van der Waals surface area contributed by atoms with Gasteiger partial charge in [0.25, 0.3) is 0 Å². The van der Waals surface area contributed by atoms with Gasteiger partial charge in [-0.3, -0.25) is 0 Å². The Morgan fingerprint density at radius 3 is 2.67 bits per heavy atom. The second-order valence-corrected chi connectivity index (χ2v) is 7.17. The van der Waals surface area contributed by atoms with Crippen LogP contribution in [0, 0.1) is 5.92 Å². The summed E-state index contributed by atoms with van der Waals surface area (Å²) in [5.41, 5.74) is 1.09. The lowest BCUT2D eigenvalue weighted by Crippen LogP contribution is -2.29. The van der Waals surface area contributed by atoms with Crippen LogP contribution in [0.1, 0.15) is 25.3 Å². The number of sulfonamides is 1. The summed E-state index contributed by atoms with van der Waals surface area (Å²) < 4.78 is 32.3. The molecule has 2 rings (SSSR count). The first-order chi connectivity index (χ1) is 10.1. The molecule has 1 unspecified atom stereocenters. The minimum Gasteiger partial charge on any atom is -0.381 e. The molecule has 1 aliphatic rings. The van der Waals surface area contributed by atoms with E-state index in [0.29, 0.717) is 18.0 Å². The van der Waals surface area contributed by atoms with Crippen LogP contribution in [0.5, 0.6) is 0 Å². The molecule has 1 aromatic carbocycles. The van der Waals surface area contributed by atoms with Crippen molar-refractivity contribution in [2.75, 3.05) is 26.3 Å². The summed E-state index contributed by atoms with van der Waals surface area (Å²) in [5, 5.41) is 3.29. The summed E-state index contributed by atoms with van der Waals surface area (Å²) in [7, 11) is -3.42. The van der Waals surface area contributed by atoms with Crippen LogP contribution < -0.4 is 10.0 Å². The molecular formula is C15H24N2O3S. The molecule has 1 atom stereocenters. The van der Waals surface area contributed by atoms with Crippen molar-refractivity contribution in [2.45, 2.75) is 31.2 Å². The van der Waals surface area contributed by atoms with E-state index in [-0.39, 0.29) is 5.92 Å². The highest BCUT2D eigenvalue weighted by molar-refractivity contribution is 7.89. The first kappa shape index (κ1) is 16.4. The summed E-state index contributed by atoms with van der Waals surface area (Å²) in [6, 6.07) is 7.04. The Kier molecular flexibility index (Phi) is 6.17. The van der Waals surface area contributed by atoms with Gasteiger partial charge >= 0.3 is 0 Å². The number of nitrogens with one attached hydrogen (secondary N) is 2. The molecule has 1 saturated heterocycles. The zero-order valence-corrected chi connectivity index (χ0v) is 13.3. The average Bonchev–Trinajstić information content (AvgIpc) is 3.00. The van der Waals surface area contributed by atoms with Crippen molar-refractivity contribution < 1.29 is 13.2 Å². The van der Waals surface area contributed by atoms with Gasteiger partial charge in [0.2, 0.25) is 10.0 Å². The highest BCUT2D eigenvalue weighted by Gasteiger charge is 2.20. The monoisotopic (exact) mass is 312 g/mol. The quantitative estimate of drug-likeness (QED) is 0.714. The summed E-state index contributed by atoms with van der Waals surface area (Å²) in [6.45, 7) is 5.66. The fraction of sp³-hybridized carbons (Fsp3) is 0.600. The van der Waals surface area contributed by atoms with Crippen molar-refractivity contribution in [3.05, 3.63) is 29.8 Å². The minimum absolute atomic E-state index is 0.289. The van der Waals surface area contributed by atoms with Crippen LogP contribution in [0.25, 0.3) is 0 Å². The second-order valence-electron chi connectivity index (χ2n) is 5.40. The van der Waals surface area contributed by atoms with Crippen molar-refractivity contribution in [3.63, 3.8) is 0 Å². The van der Waals surface area contributed by atoms with E-state index in [0.717, 1.165) is 38.1 Å². The first-order valence-corrected chi connectivity index (χ1v) is 8.97. The number of ether oxygens (including phenoxy) is 1. The molecule has 118 valence electrons. The Hall–Kier alpha value is -0.950. The molecule has 0 spiro atoms. The van der Waals surface area contributed by atoms with E-state index in [9.17, 15) is 8.42 Å². The fourth-order valence-electron chi connectivity index (χ4n) is 2.25. The molecule has 0 radical (unpaired) electrons. The van der Waals surface area contributed by atoms with Gasteiger partial charge in [0.15, 0.2) is 0 Å². The Morgan fingerprint density at radius 2 is 2.05 bits per heavy atom. The summed E-state index contributed by atoms with van der Waals surface area (Å²) in [4.78, 5) is 0.320. The van der Waals surface area contributed by atoms with E-state index in [1.165, 1.54) is 0 Å². The molecule has 0 saturated carbocycles. The van der Waals surface area contributed by atoms with Crippen molar-refractivity contribution in [2.24, 2.45) is 5.92 Å². The minimum atomic E-state index is -3.42. The average molecular weight is 312 g/mol. The van der Waals surface area contributed by atoms with Crippen LogP contribution >= 0.6 is 0 Å². The third-order valence-corrected chi connectivity index (χ3v) is 5.02. The van der Waals surface area contributed by atoms with Gasteiger partial charge in [-0.15, -0.1) is 0 Å². The Morgan fingerprint density at radius 1 is 1.29 bits per heavy atom. The Labute approximate surface area is 127 Å². The van der Waals surface area contributed by atoms with E-state index < -0.39 is 10.0 Å². The topological polar surface area (TPSA) is 67.4 Å². The van der Waals surface area contributed by atoms with Gasteiger partial charge in [0, 0.05) is 19.7 Å². The third kappa shape index (κ3) is 5.07. The zero-order chi connectivity index (χ0) is 15.1. The zero-order valence-electron chi connectivity index (χ0n) is 12.5. The van der Waals surface area contributed by atoms with Gasteiger partial charge in [-0.1, -0.05) is 19.1 Å². The maximum Gasteiger partial charge on any atom is 0.240 e. The van der Waals surface area contributed by atoms with Crippen LogP contribution in [0.2, 0.25) is 0 Å². The SMILES string of the molecule is CCCNCc1ccc(S(=O)(=O)NCC2CCOC2)cc1. The Balaban J connectivity index is 1.89. The van der Waals surface area contributed by atoms with Crippen LogP contribution in [0.3, 0.4) is 0 Å². The predicted molar refractivity (Wildman–Crippen MR) is 82.6 cm³/mol. The maximum absolute atomic E-state index is 12.2. The number of rotatable bonds is 8. The van der Waals surface area contributed by atoms with Crippen molar-refractivity contribution in [3.8, 4) is 0 Å². The van der Waals surface area contributed by atoms with Crippen molar-refractivity contribution in [1.82, 2.24) is 10.0 Å². The smallest absolute Gasteiger partial charge is 0.240 e. The molecule has 0 aliphatic carbocycles. The van der Waals surface area contributed by atoms with E-state index in [4.69, 9.17) is 4.74 Å². The molecule has 1 heterocycles. The number of hydrogen-bond acceptors (Lipinski definition) is 4.